The third kappa shape index (κ3) is 11.4. The highest BCUT2D eigenvalue weighted by atomic mass is 16.2. The van der Waals surface area contributed by atoms with E-state index < -0.39 is 0 Å². The highest BCUT2D eigenvalue weighted by Crippen LogP contribution is 2.05. The zero-order valence-electron chi connectivity index (χ0n) is 8.46. The van der Waals surface area contributed by atoms with Crippen molar-refractivity contribution < 1.29 is 9.90 Å². The van der Waals surface area contributed by atoms with E-state index in [2.05, 4.69) is 0 Å². The first kappa shape index (κ1) is 12.4. The first-order valence-electron chi connectivity index (χ1n) is 5.05. The summed E-state index contributed by atoms with van der Waals surface area (Å²) in [4.78, 5) is 10.5. The molecule has 0 amide bonds. The molecule has 0 aliphatic carbocycles. The van der Waals surface area contributed by atoms with Gasteiger partial charge in [0, 0.05) is 6.61 Å². The third-order valence-corrected chi connectivity index (χ3v) is 1.88. The van der Waals surface area contributed by atoms with E-state index >= 15 is 0 Å². The topological polar surface area (TPSA) is 37.3 Å². The van der Waals surface area contributed by atoms with E-state index in [-0.39, 0.29) is 5.78 Å². The zero-order chi connectivity index (χ0) is 9.94. The van der Waals surface area contributed by atoms with Gasteiger partial charge in [-0.05, 0) is 32.3 Å². The molecular weight excluding hydrogens is 164 g/mol. The number of unbranched alkanes of at least 4 members (excludes halogenated alkanes) is 5. The Kier molecular flexibility index (Phi) is 9.00. The van der Waals surface area contributed by atoms with Crippen molar-refractivity contribution in [2.24, 2.45) is 0 Å². The lowest BCUT2D eigenvalue weighted by Crippen LogP contribution is -1.83. The standard InChI is InChI=1S/C11H20O2/c1-11(13)9-7-5-3-2-4-6-8-10-12/h7,9,12H,2-6,8,10H2,1H3. The normalized spacial score (nSPS) is 10.9. The lowest BCUT2D eigenvalue weighted by atomic mass is 10.1. The van der Waals surface area contributed by atoms with Crippen LogP contribution in [0.15, 0.2) is 12.2 Å². The SMILES string of the molecule is CC(=O)C=CCCCCCCCO. The summed E-state index contributed by atoms with van der Waals surface area (Å²) in [5, 5.41) is 8.52. The number of hydrogen-bond acceptors (Lipinski definition) is 2. The molecule has 0 fully saturated rings. The van der Waals surface area contributed by atoms with Crippen molar-refractivity contribution in [3.05, 3.63) is 12.2 Å². The zero-order valence-corrected chi connectivity index (χ0v) is 8.46. The number of carbonyl (C=O) groups is 1. The predicted octanol–water partition coefficient (Wildman–Crippen LogP) is 2.46. The van der Waals surface area contributed by atoms with Gasteiger partial charge in [0.2, 0.25) is 0 Å². The summed E-state index contributed by atoms with van der Waals surface area (Å²) in [5.74, 6) is 0.125. The van der Waals surface area contributed by atoms with E-state index in [0.29, 0.717) is 6.61 Å². The number of aliphatic hydroxyl groups excluding tert-OH is 1. The summed E-state index contributed by atoms with van der Waals surface area (Å²) in [6.07, 6.45) is 10.1. The molecule has 0 saturated carbocycles. The summed E-state index contributed by atoms with van der Waals surface area (Å²) in [6.45, 7) is 1.88. The molecule has 0 unspecified atom stereocenters. The van der Waals surface area contributed by atoms with Crippen LogP contribution in [0.3, 0.4) is 0 Å². The number of hydrogen-bond donors (Lipinski definition) is 1. The maximum absolute atomic E-state index is 10.5. The predicted molar refractivity (Wildman–Crippen MR) is 54.6 cm³/mol. The second kappa shape index (κ2) is 9.46. The van der Waals surface area contributed by atoms with E-state index in [9.17, 15) is 4.79 Å². The van der Waals surface area contributed by atoms with Gasteiger partial charge in [0.25, 0.3) is 0 Å². The van der Waals surface area contributed by atoms with Crippen molar-refractivity contribution in [2.45, 2.75) is 45.4 Å². The minimum absolute atomic E-state index is 0.125. The number of carbonyl (C=O) groups excluding carboxylic acids is 1. The summed E-state index contributed by atoms with van der Waals surface area (Å²) in [7, 11) is 0. The number of rotatable bonds is 8. The van der Waals surface area contributed by atoms with E-state index in [1.54, 1.807) is 13.0 Å². The van der Waals surface area contributed by atoms with Crippen molar-refractivity contribution in [1.29, 1.82) is 0 Å². The average molecular weight is 184 g/mol. The third-order valence-electron chi connectivity index (χ3n) is 1.88. The van der Waals surface area contributed by atoms with Gasteiger partial charge in [0.15, 0.2) is 5.78 Å². The van der Waals surface area contributed by atoms with Gasteiger partial charge in [-0.25, -0.2) is 0 Å². The van der Waals surface area contributed by atoms with Crippen LogP contribution < -0.4 is 0 Å². The van der Waals surface area contributed by atoms with Crippen LogP contribution >= 0.6 is 0 Å². The van der Waals surface area contributed by atoms with Crippen LogP contribution in [0.5, 0.6) is 0 Å². The maximum Gasteiger partial charge on any atom is 0.152 e. The Morgan fingerprint density at radius 1 is 1.15 bits per heavy atom. The fraction of sp³-hybridized carbons (Fsp3) is 0.727. The molecule has 0 rings (SSSR count). The highest BCUT2D eigenvalue weighted by Gasteiger charge is 1.88. The molecule has 0 atom stereocenters. The fourth-order valence-corrected chi connectivity index (χ4v) is 1.15. The summed E-state index contributed by atoms with van der Waals surface area (Å²) in [6, 6.07) is 0. The summed E-state index contributed by atoms with van der Waals surface area (Å²) >= 11 is 0. The first-order valence-corrected chi connectivity index (χ1v) is 5.05. The Bertz CT molecular complexity index is 150. The van der Waals surface area contributed by atoms with Gasteiger partial charge >= 0.3 is 0 Å². The van der Waals surface area contributed by atoms with Crippen LogP contribution in [-0.2, 0) is 4.79 Å². The Morgan fingerprint density at radius 2 is 1.77 bits per heavy atom. The van der Waals surface area contributed by atoms with E-state index in [1.807, 2.05) is 6.08 Å². The molecule has 0 radical (unpaired) electrons. The monoisotopic (exact) mass is 184 g/mol. The van der Waals surface area contributed by atoms with Crippen LogP contribution in [0.1, 0.15) is 45.4 Å². The van der Waals surface area contributed by atoms with E-state index in [4.69, 9.17) is 5.11 Å². The second-order valence-electron chi connectivity index (χ2n) is 3.29. The molecule has 76 valence electrons. The van der Waals surface area contributed by atoms with Crippen molar-refractivity contribution >= 4 is 5.78 Å². The second-order valence-corrected chi connectivity index (χ2v) is 3.29. The van der Waals surface area contributed by atoms with Crippen molar-refractivity contribution in [1.82, 2.24) is 0 Å². The summed E-state index contributed by atoms with van der Waals surface area (Å²) in [5.41, 5.74) is 0. The highest BCUT2D eigenvalue weighted by molar-refractivity contribution is 5.87. The molecule has 0 aliphatic heterocycles. The molecule has 0 spiro atoms. The van der Waals surface area contributed by atoms with Crippen molar-refractivity contribution in [2.75, 3.05) is 6.61 Å². The van der Waals surface area contributed by atoms with Gasteiger partial charge in [-0.15, -0.1) is 0 Å². The molecular formula is C11H20O2. The van der Waals surface area contributed by atoms with Crippen LogP contribution in [0, 0.1) is 0 Å². The molecule has 2 nitrogen and oxygen atoms in total. The Balaban J connectivity index is 3.03. The Hall–Kier alpha value is -0.630. The van der Waals surface area contributed by atoms with Crippen LogP contribution in [0.25, 0.3) is 0 Å². The van der Waals surface area contributed by atoms with E-state index in [1.165, 1.54) is 12.8 Å². The maximum atomic E-state index is 10.5. The lowest BCUT2D eigenvalue weighted by molar-refractivity contribution is -0.112. The molecule has 0 bridgehead atoms. The average Bonchev–Trinajstić information content (AvgIpc) is 2.09. The molecule has 0 saturated heterocycles. The van der Waals surface area contributed by atoms with Gasteiger partial charge in [0.1, 0.15) is 0 Å². The smallest absolute Gasteiger partial charge is 0.152 e. The molecule has 1 N–H and O–H groups in total. The molecule has 13 heavy (non-hydrogen) atoms. The van der Waals surface area contributed by atoms with Crippen molar-refractivity contribution in [3.63, 3.8) is 0 Å². The van der Waals surface area contributed by atoms with Gasteiger partial charge < -0.3 is 5.11 Å². The molecule has 2 heteroatoms. The van der Waals surface area contributed by atoms with Gasteiger partial charge in [0.05, 0.1) is 0 Å². The molecule has 0 aromatic rings. The Labute approximate surface area is 80.7 Å². The number of aliphatic hydroxyl groups is 1. The first-order chi connectivity index (χ1) is 6.27. The Morgan fingerprint density at radius 3 is 2.38 bits per heavy atom. The minimum atomic E-state index is 0.125. The molecule has 0 aliphatic rings. The lowest BCUT2D eigenvalue weighted by Gasteiger charge is -1.96. The number of allylic oxidation sites excluding steroid dienone is 2. The largest absolute Gasteiger partial charge is 0.396 e. The molecule has 0 aromatic carbocycles. The minimum Gasteiger partial charge on any atom is -0.396 e. The molecule has 0 heterocycles. The van der Waals surface area contributed by atoms with Crippen LogP contribution in [0.4, 0.5) is 0 Å². The summed E-state index contributed by atoms with van der Waals surface area (Å²) < 4.78 is 0. The van der Waals surface area contributed by atoms with Gasteiger partial charge in [-0.3, -0.25) is 4.79 Å². The van der Waals surface area contributed by atoms with Crippen LogP contribution in [0.2, 0.25) is 0 Å². The van der Waals surface area contributed by atoms with Gasteiger partial charge in [-0.1, -0.05) is 25.3 Å². The molecule has 0 aromatic heterocycles. The quantitative estimate of drug-likeness (QED) is 0.465. The van der Waals surface area contributed by atoms with Gasteiger partial charge in [-0.2, -0.15) is 0 Å². The number of ketones is 1. The fourth-order valence-electron chi connectivity index (χ4n) is 1.15. The van der Waals surface area contributed by atoms with Crippen LogP contribution in [-0.4, -0.2) is 17.5 Å². The van der Waals surface area contributed by atoms with Crippen molar-refractivity contribution in [3.8, 4) is 0 Å². The van der Waals surface area contributed by atoms with E-state index in [0.717, 1.165) is 25.7 Å².